The van der Waals surface area contributed by atoms with E-state index in [2.05, 4.69) is 20.1 Å². The van der Waals surface area contributed by atoms with Gasteiger partial charge in [0.05, 0.1) is 17.4 Å². The van der Waals surface area contributed by atoms with Crippen molar-refractivity contribution in [2.45, 2.75) is 19.4 Å². The molecule has 0 aliphatic carbocycles. The predicted molar refractivity (Wildman–Crippen MR) is 89.4 cm³/mol. The van der Waals surface area contributed by atoms with Crippen molar-refractivity contribution in [1.82, 2.24) is 20.1 Å². The summed E-state index contributed by atoms with van der Waals surface area (Å²) in [5.41, 5.74) is 1.71. The highest BCUT2D eigenvalue weighted by molar-refractivity contribution is 5.79. The van der Waals surface area contributed by atoms with Gasteiger partial charge in [-0.05, 0) is 56.3 Å². The van der Waals surface area contributed by atoms with Gasteiger partial charge in [0.1, 0.15) is 11.6 Å². The number of H-pyrrole nitrogens is 1. The largest absolute Gasteiger partial charge is 0.478 e. The Hall–Kier alpha value is -3.22. The Bertz CT molecular complexity index is 1020. The molecule has 0 aliphatic rings. The number of imidazole rings is 1. The van der Waals surface area contributed by atoms with E-state index in [0.29, 0.717) is 17.5 Å². The fourth-order valence-electron chi connectivity index (χ4n) is 2.50. The second-order valence-electron chi connectivity index (χ2n) is 6.12. The van der Waals surface area contributed by atoms with Crippen LogP contribution in [0.5, 0.6) is 5.75 Å². The quantitative estimate of drug-likeness (QED) is 0.607. The lowest BCUT2D eigenvalue weighted by atomic mass is 10.1. The Labute approximate surface area is 142 Å². The van der Waals surface area contributed by atoms with Crippen LogP contribution in [0.1, 0.15) is 19.7 Å². The summed E-state index contributed by atoms with van der Waals surface area (Å²) in [6.07, 6.45) is 1.63. The van der Waals surface area contributed by atoms with Crippen LogP contribution in [0.4, 0.5) is 4.39 Å². The average molecular weight is 338 g/mol. The van der Waals surface area contributed by atoms with Crippen molar-refractivity contribution in [2.24, 2.45) is 0 Å². The van der Waals surface area contributed by atoms with Gasteiger partial charge >= 0.3 is 0 Å². The molecule has 25 heavy (non-hydrogen) atoms. The minimum absolute atomic E-state index is 0.320. The summed E-state index contributed by atoms with van der Waals surface area (Å²) in [6.45, 7) is 3.62. The molecule has 2 aromatic carbocycles. The van der Waals surface area contributed by atoms with Crippen LogP contribution in [0, 0.1) is 5.82 Å². The zero-order valence-electron chi connectivity index (χ0n) is 13.7. The molecule has 0 bridgehead atoms. The van der Waals surface area contributed by atoms with E-state index >= 15 is 0 Å². The van der Waals surface area contributed by atoms with Crippen molar-refractivity contribution in [2.75, 3.05) is 0 Å². The highest BCUT2D eigenvalue weighted by Crippen LogP contribution is 2.29. The van der Waals surface area contributed by atoms with Gasteiger partial charge in [-0.2, -0.15) is 4.98 Å². The molecule has 4 rings (SSSR count). The van der Waals surface area contributed by atoms with Crippen molar-refractivity contribution in [3.63, 3.8) is 0 Å². The fraction of sp³-hybridized carbons (Fsp3) is 0.167. The van der Waals surface area contributed by atoms with Gasteiger partial charge in [-0.1, -0.05) is 5.16 Å². The molecule has 0 unspecified atom stereocenters. The van der Waals surface area contributed by atoms with Crippen molar-refractivity contribution in [3.05, 3.63) is 60.5 Å². The van der Waals surface area contributed by atoms with Crippen LogP contribution in [0.15, 0.2) is 53.3 Å². The number of ether oxygens (including phenoxy) is 1. The summed E-state index contributed by atoms with van der Waals surface area (Å²) in [4.78, 5) is 11.7. The second kappa shape index (κ2) is 5.70. The molecule has 2 aromatic heterocycles. The van der Waals surface area contributed by atoms with Crippen molar-refractivity contribution in [3.8, 4) is 17.1 Å². The molecular formula is C18H15FN4O2. The summed E-state index contributed by atoms with van der Waals surface area (Å²) in [5.74, 6) is 0.989. The monoisotopic (exact) mass is 338 g/mol. The molecule has 126 valence electrons. The molecule has 4 aromatic rings. The Morgan fingerprint density at radius 3 is 2.72 bits per heavy atom. The van der Waals surface area contributed by atoms with Gasteiger partial charge in [0, 0.05) is 5.56 Å². The maximum atomic E-state index is 13.0. The lowest BCUT2D eigenvalue weighted by Crippen LogP contribution is -2.25. The minimum Gasteiger partial charge on any atom is -0.478 e. The molecule has 0 spiro atoms. The van der Waals surface area contributed by atoms with Crippen LogP contribution in [-0.2, 0) is 5.60 Å². The Balaban J connectivity index is 1.61. The predicted octanol–water partition coefficient (Wildman–Crippen LogP) is 4.07. The van der Waals surface area contributed by atoms with Gasteiger partial charge in [-0.25, -0.2) is 9.37 Å². The molecule has 0 saturated carbocycles. The van der Waals surface area contributed by atoms with E-state index in [0.717, 1.165) is 16.6 Å². The average Bonchev–Trinajstić information content (AvgIpc) is 3.25. The van der Waals surface area contributed by atoms with Crippen molar-refractivity contribution in [1.29, 1.82) is 0 Å². The highest BCUT2D eigenvalue weighted by Gasteiger charge is 2.30. The molecule has 0 radical (unpaired) electrons. The second-order valence-corrected chi connectivity index (χ2v) is 6.12. The van der Waals surface area contributed by atoms with Crippen molar-refractivity contribution < 1.29 is 13.7 Å². The third-order valence-corrected chi connectivity index (χ3v) is 3.81. The first-order chi connectivity index (χ1) is 12.0. The van der Waals surface area contributed by atoms with Gasteiger partial charge in [-0.3, -0.25) is 0 Å². The molecule has 0 aliphatic heterocycles. The first kappa shape index (κ1) is 15.3. The smallest absolute Gasteiger partial charge is 0.270 e. The number of fused-ring (bicyclic) bond motifs is 1. The first-order valence-electron chi connectivity index (χ1n) is 7.73. The molecule has 0 amide bonds. The summed E-state index contributed by atoms with van der Waals surface area (Å²) in [7, 11) is 0. The number of aromatic nitrogens is 4. The van der Waals surface area contributed by atoms with E-state index in [1.807, 2.05) is 32.0 Å². The molecule has 2 heterocycles. The minimum atomic E-state index is -0.860. The molecule has 0 atom stereocenters. The van der Waals surface area contributed by atoms with Gasteiger partial charge in [0.2, 0.25) is 5.82 Å². The summed E-state index contributed by atoms with van der Waals surface area (Å²) < 4.78 is 24.3. The number of aromatic amines is 1. The van der Waals surface area contributed by atoms with Gasteiger partial charge in [0.25, 0.3) is 5.89 Å². The third kappa shape index (κ3) is 2.96. The van der Waals surface area contributed by atoms with E-state index in [1.54, 1.807) is 18.5 Å². The van der Waals surface area contributed by atoms with Crippen LogP contribution in [0.25, 0.3) is 22.4 Å². The topological polar surface area (TPSA) is 76.8 Å². The maximum Gasteiger partial charge on any atom is 0.270 e. The molecule has 0 fully saturated rings. The number of hydrogen-bond acceptors (Lipinski definition) is 5. The Morgan fingerprint density at radius 1 is 1.12 bits per heavy atom. The van der Waals surface area contributed by atoms with E-state index < -0.39 is 5.60 Å². The molecule has 1 N–H and O–H groups in total. The van der Waals surface area contributed by atoms with E-state index in [-0.39, 0.29) is 5.82 Å². The molecular weight excluding hydrogens is 323 g/mol. The molecule has 6 nitrogen and oxygen atoms in total. The van der Waals surface area contributed by atoms with Gasteiger partial charge in [0.15, 0.2) is 5.60 Å². The lowest BCUT2D eigenvalue weighted by Gasteiger charge is -2.22. The standard InChI is InChI=1S/C18H15FN4O2/c1-18(2,24-13-6-4-12(19)5-7-13)17-22-16(23-25-17)11-3-8-14-15(9-11)21-10-20-14/h3-10H,1-2H3,(H,20,21). The van der Waals surface area contributed by atoms with Crippen LogP contribution in [-0.4, -0.2) is 20.1 Å². The number of halogens is 1. The zero-order valence-corrected chi connectivity index (χ0v) is 13.7. The summed E-state index contributed by atoms with van der Waals surface area (Å²) in [6, 6.07) is 11.5. The van der Waals surface area contributed by atoms with E-state index in [9.17, 15) is 4.39 Å². The van der Waals surface area contributed by atoms with Crippen molar-refractivity contribution >= 4 is 11.0 Å². The van der Waals surface area contributed by atoms with Crippen LogP contribution in [0.3, 0.4) is 0 Å². The Morgan fingerprint density at radius 2 is 1.92 bits per heavy atom. The third-order valence-electron chi connectivity index (χ3n) is 3.81. The SMILES string of the molecule is CC(C)(Oc1ccc(F)cc1)c1nc(-c2ccc3nc[nH]c3c2)no1. The maximum absolute atomic E-state index is 13.0. The number of nitrogens with one attached hydrogen (secondary N) is 1. The lowest BCUT2D eigenvalue weighted by molar-refractivity contribution is 0.0691. The van der Waals surface area contributed by atoms with E-state index in [1.165, 1.54) is 12.1 Å². The zero-order chi connectivity index (χ0) is 17.4. The number of benzene rings is 2. The molecule has 0 saturated heterocycles. The number of hydrogen-bond donors (Lipinski definition) is 1. The van der Waals surface area contributed by atoms with Crippen LogP contribution in [0.2, 0.25) is 0 Å². The summed E-state index contributed by atoms with van der Waals surface area (Å²) in [5, 5.41) is 4.04. The number of rotatable bonds is 4. The fourth-order valence-corrected chi connectivity index (χ4v) is 2.50. The Kier molecular flexibility index (Phi) is 3.49. The normalized spacial score (nSPS) is 11.8. The van der Waals surface area contributed by atoms with Gasteiger partial charge in [-0.15, -0.1) is 0 Å². The summed E-state index contributed by atoms with van der Waals surface area (Å²) >= 11 is 0. The van der Waals surface area contributed by atoms with Crippen LogP contribution < -0.4 is 4.74 Å². The van der Waals surface area contributed by atoms with Gasteiger partial charge < -0.3 is 14.2 Å². The first-order valence-corrected chi connectivity index (χ1v) is 7.73. The van der Waals surface area contributed by atoms with E-state index in [4.69, 9.17) is 9.26 Å². The number of nitrogens with zero attached hydrogens (tertiary/aromatic N) is 3. The molecule has 7 heteroatoms. The highest BCUT2D eigenvalue weighted by atomic mass is 19.1. The van der Waals surface area contributed by atoms with Crippen LogP contribution >= 0.6 is 0 Å².